The number of carbonyl (C=O) groups excluding carboxylic acids is 1. The van der Waals surface area contributed by atoms with Gasteiger partial charge in [-0.15, -0.1) is 0 Å². The van der Waals surface area contributed by atoms with Crippen LogP contribution in [-0.4, -0.2) is 37.4 Å². The first-order valence-electron chi connectivity index (χ1n) is 7.36. The zero-order chi connectivity index (χ0) is 17.6. The Labute approximate surface area is 141 Å². The summed E-state index contributed by atoms with van der Waals surface area (Å²) in [5.41, 5.74) is 7.10. The fourth-order valence-corrected chi connectivity index (χ4v) is 2.60. The Morgan fingerprint density at radius 3 is 2.46 bits per heavy atom. The van der Waals surface area contributed by atoms with Gasteiger partial charge < -0.3 is 16.4 Å². The molecule has 1 aromatic heterocycles. The van der Waals surface area contributed by atoms with Gasteiger partial charge in [0.15, 0.2) is 0 Å². The van der Waals surface area contributed by atoms with Crippen LogP contribution >= 0.6 is 0 Å². The molecule has 0 aliphatic carbocycles. The maximum absolute atomic E-state index is 11.9. The summed E-state index contributed by atoms with van der Waals surface area (Å²) in [6.45, 7) is 0. The summed E-state index contributed by atoms with van der Waals surface area (Å²) in [6.07, 6.45) is 2.69. The molecule has 0 bridgehead atoms. The highest BCUT2D eigenvalue weighted by Gasteiger charge is 2.16. The second-order valence-corrected chi connectivity index (χ2v) is 7.70. The molecule has 128 valence electrons. The van der Waals surface area contributed by atoms with Crippen molar-refractivity contribution in [2.24, 2.45) is 5.73 Å². The summed E-state index contributed by atoms with van der Waals surface area (Å²) in [7, 11) is -3.14. The van der Waals surface area contributed by atoms with Crippen LogP contribution in [0.3, 0.4) is 0 Å². The van der Waals surface area contributed by atoms with E-state index in [1.54, 1.807) is 12.1 Å². The van der Waals surface area contributed by atoms with Crippen molar-refractivity contribution < 1.29 is 13.2 Å². The predicted octanol–water partition coefficient (Wildman–Crippen LogP) is 1.53. The van der Waals surface area contributed by atoms with Gasteiger partial charge in [0.1, 0.15) is 15.7 Å². The predicted molar refractivity (Wildman–Crippen MR) is 94.9 cm³/mol. The van der Waals surface area contributed by atoms with Crippen molar-refractivity contribution in [1.29, 1.82) is 0 Å². The van der Waals surface area contributed by atoms with Crippen LogP contribution in [0.15, 0.2) is 48.7 Å². The average molecular weight is 348 g/mol. The summed E-state index contributed by atoms with van der Waals surface area (Å²) in [5.74, 6) is 0.0737. The lowest BCUT2D eigenvalue weighted by atomic mass is 10.2. The SMILES string of the molecule is CS(=O)(=O)CCC(N)C(=O)Nc1ccc(Nc2ccccc2)nc1. The number of hydrogen-bond donors (Lipinski definition) is 3. The number of rotatable bonds is 7. The third-order valence-corrected chi connectivity index (χ3v) is 4.19. The van der Waals surface area contributed by atoms with E-state index in [-0.39, 0.29) is 12.2 Å². The minimum Gasteiger partial charge on any atom is -0.340 e. The molecule has 0 aliphatic rings. The van der Waals surface area contributed by atoms with Crippen molar-refractivity contribution in [1.82, 2.24) is 4.98 Å². The monoisotopic (exact) mass is 348 g/mol. The van der Waals surface area contributed by atoms with Gasteiger partial charge in [0.05, 0.1) is 23.7 Å². The van der Waals surface area contributed by atoms with Crippen LogP contribution in [0.2, 0.25) is 0 Å². The summed E-state index contributed by atoms with van der Waals surface area (Å²) < 4.78 is 22.2. The number of sulfone groups is 1. The Bertz CT molecular complexity index is 777. The van der Waals surface area contributed by atoms with Gasteiger partial charge in [-0.25, -0.2) is 13.4 Å². The van der Waals surface area contributed by atoms with Crippen LogP contribution in [-0.2, 0) is 14.6 Å². The van der Waals surface area contributed by atoms with Gasteiger partial charge in [-0.05, 0) is 30.7 Å². The van der Waals surface area contributed by atoms with E-state index in [1.807, 2.05) is 30.3 Å². The molecule has 0 saturated carbocycles. The third kappa shape index (κ3) is 5.98. The molecule has 1 aromatic carbocycles. The quantitative estimate of drug-likeness (QED) is 0.699. The summed E-state index contributed by atoms with van der Waals surface area (Å²) >= 11 is 0. The Balaban J connectivity index is 1.90. The molecule has 0 radical (unpaired) electrons. The van der Waals surface area contributed by atoms with Crippen LogP contribution in [0.4, 0.5) is 17.2 Å². The first-order valence-corrected chi connectivity index (χ1v) is 9.42. The number of pyridine rings is 1. The van der Waals surface area contributed by atoms with Crippen LogP contribution in [0.25, 0.3) is 0 Å². The second-order valence-electron chi connectivity index (χ2n) is 5.44. The standard InChI is InChI=1S/C16H20N4O3S/c1-24(22,23)10-9-14(17)16(21)20-13-7-8-15(18-11-13)19-12-5-3-2-4-6-12/h2-8,11,14H,9-10,17H2,1H3,(H,18,19)(H,20,21). The Hall–Kier alpha value is -2.45. The van der Waals surface area contributed by atoms with E-state index >= 15 is 0 Å². The van der Waals surface area contributed by atoms with E-state index in [9.17, 15) is 13.2 Å². The highest BCUT2D eigenvalue weighted by molar-refractivity contribution is 7.90. The molecule has 24 heavy (non-hydrogen) atoms. The fraction of sp³-hybridized carbons (Fsp3) is 0.250. The molecule has 2 rings (SSSR count). The van der Waals surface area contributed by atoms with Crippen molar-refractivity contribution in [2.75, 3.05) is 22.6 Å². The number of aromatic nitrogens is 1. The Morgan fingerprint density at radius 1 is 1.17 bits per heavy atom. The fourth-order valence-electron chi connectivity index (χ4n) is 1.92. The van der Waals surface area contributed by atoms with Crippen molar-refractivity contribution in [3.05, 3.63) is 48.7 Å². The van der Waals surface area contributed by atoms with Gasteiger partial charge in [-0.2, -0.15) is 0 Å². The maximum Gasteiger partial charge on any atom is 0.241 e. The highest BCUT2D eigenvalue weighted by Crippen LogP contribution is 2.15. The molecule has 1 heterocycles. The zero-order valence-corrected chi connectivity index (χ0v) is 14.1. The second kappa shape index (κ2) is 7.89. The molecule has 1 unspecified atom stereocenters. The average Bonchev–Trinajstić information content (AvgIpc) is 2.54. The van der Waals surface area contributed by atoms with Gasteiger partial charge in [-0.1, -0.05) is 18.2 Å². The Morgan fingerprint density at radius 2 is 1.88 bits per heavy atom. The number of amides is 1. The molecule has 8 heteroatoms. The van der Waals surface area contributed by atoms with Crippen LogP contribution in [0.5, 0.6) is 0 Å². The molecule has 4 N–H and O–H groups in total. The molecule has 1 amide bonds. The number of carbonyl (C=O) groups is 1. The number of benzene rings is 1. The first-order chi connectivity index (χ1) is 11.3. The van der Waals surface area contributed by atoms with Gasteiger partial charge in [0.25, 0.3) is 0 Å². The van der Waals surface area contributed by atoms with Gasteiger partial charge in [-0.3, -0.25) is 4.79 Å². The molecule has 0 fully saturated rings. The lowest BCUT2D eigenvalue weighted by molar-refractivity contribution is -0.117. The van der Waals surface area contributed by atoms with E-state index in [4.69, 9.17) is 5.73 Å². The van der Waals surface area contributed by atoms with Crippen molar-refractivity contribution in [2.45, 2.75) is 12.5 Å². The number of hydrogen-bond acceptors (Lipinski definition) is 6. The lowest BCUT2D eigenvalue weighted by Crippen LogP contribution is -2.37. The van der Waals surface area contributed by atoms with Crippen molar-refractivity contribution in [3.8, 4) is 0 Å². The largest absolute Gasteiger partial charge is 0.340 e. The topological polar surface area (TPSA) is 114 Å². The number of para-hydroxylation sites is 1. The van der Waals surface area contributed by atoms with Crippen LogP contribution in [0, 0.1) is 0 Å². The summed E-state index contributed by atoms with van der Waals surface area (Å²) in [4.78, 5) is 16.1. The van der Waals surface area contributed by atoms with E-state index < -0.39 is 21.8 Å². The zero-order valence-electron chi connectivity index (χ0n) is 13.3. The normalized spacial score (nSPS) is 12.4. The number of nitrogens with one attached hydrogen (secondary N) is 2. The minimum atomic E-state index is -3.14. The van der Waals surface area contributed by atoms with E-state index in [0.717, 1.165) is 11.9 Å². The number of anilines is 3. The third-order valence-electron chi connectivity index (χ3n) is 3.21. The smallest absolute Gasteiger partial charge is 0.241 e. The van der Waals surface area contributed by atoms with Gasteiger partial charge >= 0.3 is 0 Å². The molecule has 0 saturated heterocycles. The van der Waals surface area contributed by atoms with Gasteiger partial charge in [0.2, 0.25) is 5.91 Å². The van der Waals surface area contributed by atoms with E-state index in [1.165, 1.54) is 6.20 Å². The van der Waals surface area contributed by atoms with Crippen molar-refractivity contribution >= 4 is 32.9 Å². The molecular formula is C16H20N4O3S. The highest BCUT2D eigenvalue weighted by atomic mass is 32.2. The number of nitrogens with zero attached hydrogens (tertiary/aromatic N) is 1. The maximum atomic E-state index is 11.9. The first kappa shape index (κ1) is 17.9. The van der Waals surface area contributed by atoms with E-state index in [2.05, 4.69) is 15.6 Å². The number of nitrogens with two attached hydrogens (primary N) is 1. The molecule has 7 nitrogen and oxygen atoms in total. The Kier molecular flexibility index (Phi) is 5.88. The van der Waals surface area contributed by atoms with Crippen molar-refractivity contribution in [3.63, 3.8) is 0 Å². The molecule has 0 aliphatic heterocycles. The van der Waals surface area contributed by atoms with Crippen LogP contribution < -0.4 is 16.4 Å². The molecule has 2 aromatic rings. The van der Waals surface area contributed by atoms with Crippen LogP contribution in [0.1, 0.15) is 6.42 Å². The molecular weight excluding hydrogens is 328 g/mol. The molecule has 0 spiro atoms. The minimum absolute atomic E-state index is 0.0751. The lowest BCUT2D eigenvalue weighted by Gasteiger charge is -2.12. The summed E-state index contributed by atoms with van der Waals surface area (Å²) in [6, 6.07) is 12.1. The van der Waals surface area contributed by atoms with Gasteiger partial charge in [0, 0.05) is 11.9 Å². The van der Waals surface area contributed by atoms with E-state index in [0.29, 0.717) is 11.5 Å². The molecule has 1 atom stereocenters. The summed E-state index contributed by atoms with van der Waals surface area (Å²) in [5, 5.41) is 5.75.